The van der Waals surface area contributed by atoms with E-state index in [2.05, 4.69) is 29.0 Å². The summed E-state index contributed by atoms with van der Waals surface area (Å²) in [6, 6.07) is 0. The van der Waals surface area contributed by atoms with Crippen molar-refractivity contribution in [2.45, 2.75) is 52.1 Å². The number of amides is 1. The number of carbonyl (C=O) groups is 1. The van der Waals surface area contributed by atoms with E-state index < -0.39 is 0 Å². The summed E-state index contributed by atoms with van der Waals surface area (Å²) in [7, 11) is 0. The number of carbonyl (C=O) groups excluding carboxylic acids is 1. The van der Waals surface area contributed by atoms with Crippen molar-refractivity contribution in [3.8, 4) is 0 Å². The molecule has 0 spiro atoms. The van der Waals surface area contributed by atoms with Crippen LogP contribution in [0.3, 0.4) is 0 Å². The molecule has 2 aliphatic rings. The maximum atomic E-state index is 12.1. The SMILES string of the molecule is CCN1CCN(CCC(=O)NC[C@@]2(C)CCCC[C@@H]2O)CC1. The molecule has 1 aliphatic carbocycles. The average Bonchev–Trinajstić information content (AvgIpc) is 2.54. The molecule has 0 unspecified atom stereocenters. The Kier molecular flexibility index (Phi) is 6.66. The fourth-order valence-electron chi connectivity index (χ4n) is 3.57. The molecule has 0 aromatic heterocycles. The summed E-state index contributed by atoms with van der Waals surface area (Å²) in [5.74, 6) is 0.122. The number of aliphatic hydroxyl groups excluding tert-OH is 1. The molecule has 2 atom stereocenters. The van der Waals surface area contributed by atoms with Gasteiger partial charge in [0.2, 0.25) is 5.91 Å². The molecule has 0 radical (unpaired) electrons. The zero-order chi connectivity index (χ0) is 16.0. The number of piperazine rings is 1. The van der Waals surface area contributed by atoms with E-state index in [4.69, 9.17) is 0 Å². The molecule has 128 valence electrons. The normalized spacial score (nSPS) is 31.1. The van der Waals surface area contributed by atoms with E-state index in [1.807, 2.05) is 0 Å². The molecule has 1 saturated heterocycles. The van der Waals surface area contributed by atoms with Crippen LogP contribution in [-0.2, 0) is 4.79 Å². The molecule has 2 N–H and O–H groups in total. The third-order valence-corrected chi connectivity index (χ3v) is 5.54. The van der Waals surface area contributed by atoms with Gasteiger partial charge in [-0.25, -0.2) is 0 Å². The Labute approximate surface area is 135 Å². The molecule has 1 heterocycles. The summed E-state index contributed by atoms with van der Waals surface area (Å²) >= 11 is 0. The second-order valence-corrected chi connectivity index (χ2v) is 7.22. The van der Waals surface area contributed by atoms with Crippen molar-refractivity contribution in [1.29, 1.82) is 0 Å². The van der Waals surface area contributed by atoms with Gasteiger partial charge in [0, 0.05) is 51.1 Å². The summed E-state index contributed by atoms with van der Waals surface area (Å²) in [6.07, 6.45) is 4.43. The van der Waals surface area contributed by atoms with Gasteiger partial charge in [-0.1, -0.05) is 26.7 Å². The average molecular weight is 311 g/mol. The molecule has 1 aliphatic heterocycles. The van der Waals surface area contributed by atoms with Crippen LogP contribution in [-0.4, -0.2) is 72.7 Å². The molecule has 5 heteroatoms. The first kappa shape index (κ1) is 17.7. The van der Waals surface area contributed by atoms with Crippen LogP contribution in [0.15, 0.2) is 0 Å². The highest BCUT2D eigenvalue weighted by Gasteiger charge is 2.35. The third kappa shape index (κ3) is 4.93. The molecule has 2 rings (SSSR count). The van der Waals surface area contributed by atoms with Crippen molar-refractivity contribution in [2.75, 3.05) is 45.8 Å². The third-order valence-electron chi connectivity index (χ3n) is 5.54. The lowest BCUT2D eigenvalue weighted by Gasteiger charge is -2.38. The number of nitrogens with one attached hydrogen (secondary N) is 1. The standard InChI is InChI=1S/C17H33N3O2/c1-3-19-10-12-20(13-11-19)9-7-16(22)18-14-17(2)8-5-4-6-15(17)21/h15,21H,3-14H2,1-2H3,(H,18,22)/t15-,17+/m0/s1. The lowest BCUT2D eigenvalue weighted by molar-refractivity contribution is -0.122. The zero-order valence-corrected chi connectivity index (χ0v) is 14.3. The number of hydrogen-bond acceptors (Lipinski definition) is 4. The van der Waals surface area contributed by atoms with Gasteiger partial charge < -0.3 is 20.2 Å². The largest absolute Gasteiger partial charge is 0.392 e. The van der Waals surface area contributed by atoms with Gasteiger partial charge in [0.25, 0.3) is 0 Å². The van der Waals surface area contributed by atoms with Crippen LogP contribution in [0.5, 0.6) is 0 Å². The minimum Gasteiger partial charge on any atom is -0.392 e. The minimum absolute atomic E-state index is 0.122. The van der Waals surface area contributed by atoms with Crippen LogP contribution >= 0.6 is 0 Å². The molecule has 0 aromatic carbocycles. The van der Waals surface area contributed by atoms with E-state index in [1.165, 1.54) is 0 Å². The highest BCUT2D eigenvalue weighted by atomic mass is 16.3. The van der Waals surface area contributed by atoms with Crippen LogP contribution in [0, 0.1) is 5.41 Å². The van der Waals surface area contributed by atoms with Gasteiger partial charge in [-0.3, -0.25) is 4.79 Å². The fraction of sp³-hybridized carbons (Fsp3) is 0.941. The van der Waals surface area contributed by atoms with E-state index in [0.717, 1.165) is 65.0 Å². The Morgan fingerprint density at radius 3 is 2.55 bits per heavy atom. The fourth-order valence-corrected chi connectivity index (χ4v) is 3.57. The molecule has 5 nitrogen and oxygen atoms in total. The maximum Gasteiger partial charge on any atom is 0.221 e. The number of likely N-dealkylation sites (N-methyl/N-ethyl adjacent to an activating group) is 1. The van der Waals surface area contributed by atoms with Crippen molar-refractivity contribution in [3.63, 3.8) is 0 Å². The molecule has 1 saturated carbocycles. The number of hydrogen-bond donors (Lipinski definition) is 2. The second-order valence-electron chi connectivity index (χ2n) is 7.22. The minimum atomic E-state index is -0.274. The predicted octanol–water partition coefficient (Wildman–Crippen LogP) is 1.07. The van der Waals surface area contributed by atoms with Crippen LogP contribution in [0.2, 0.25) is 0 Å². The highest BCUT2D eigenvalue weighted by molar-refractivity contribution is 5.76. The summed E-state index contributed by atoms with van der Waals surface area (Å²) in [5, 5.41) is 13.2. The molecule has 2 fully saturated rings. The molecule has 0 aromatic rings. The smallest absolute Gasteiger partial charge is 0.221 e. The van der Waals surface area contributed by atoms with Gasteiger partial charge in [-0.05, 0) is 19.4 Å². The molecular weight excluding hydrogens is 278 g/mol. The number of aliphatic hydroxyl groups is 1. The van der Waals surface area contributed by atoms with Gasteiger partial charge in [-0.15, -0.1) is 0 Å². The summed E-state index contributed by atoms with van der Waals surface area (Å²) in [6.45, 7) is 11.2. The van der Waals surface area contributed by atoms with Crippen molar-refractivity contribution in [3.05, 3.63) is 0 Å². The number of nitrogens with zero attached hydrogens (tertiary/aromatic N) is 2. The topological polar surface area (TPSA) is 55.8 Å². The number of rotatable bonds is 6. The van der Waals surface area contributed by atoms with Crippen molar-refractivity contribution in [1.82, 2.24) is 15.1 Å². The maximum absolute atomic E-state index is 12.1. The van der Waals surface area contributed by atoms with Gasteiger partial charge in [0.1, 0.15) is 0 Å². The Morgan fingerprint density at radius 2 is 1.91 bits per heavy atom. The Morgan fingerprint density at radius 1 is 1.23 bits per heavy atom. The van der Waals surface area contributed by atoms with E-state index in [1.54, 1.807) is 0 Å². The van der Waals surface area contributed by atoms with Crippen molar-refractivity contribution in [2.24, 2.45) is 5.41 Å². The lowest BCUT2D eigenvalue weighted by atomic mass is 9.73. The van der Waals surface area contributed by atoms with E-state index in [9.17, 15) is 9.90 Å². The Bertz CT molecular complexity index is 356. The first-order valence-corrected chi connectivity index (χ1v) is 8.93. The van der Waals surface area contributed by atoms with E-state index in [-0.39, 0.29) is 17.4 Å². The Balaban J connectivity index is 1.64. The van der Waals surface area contributed by atoms with Crippen LogP contribution in [0.1, 0.15) is 46.0 Å². The quantitative estimate of drug-likeness (QED) is 0.770. The second kappa shape index (κ2) is 8.27. The molecule has 1 amide bonds. The van der Waals surface area contributed by atoms with Gasteiger partial charge in [0.15, 0.2) is 0 Å². The van der Waals surface area contributed by atoms with Gasteiger partial charge in [-0.2, -0.15) is 0 Å². The van der Waals surface area contributed by atoms with E-state index in [0.29, 0.717) is 13.0 Å². The highest BCUT2D eigenvalue weighted by Crippen LogP contribution is 2.35. The van der Waals surface area contributed by atoms with Crippen molar-refractivity contribution >= 4 is 5.91 Å². The lowest BCUT2D eigenvalue weighted by Crippen LogP contribution is -2.48. The summed E-state index contributed by atoms with van der Waals surface area (Å²) in [5.41, 5.74) is -0.138. The van der Waals surface area contributed by atoms with Crippen LogP contribution in [0.25, 0.3) is 0 Å². The van der Waals surface area contributed by atoms with E-state index >= 15 is 0 Å². The molecule has 22 heavy (non-hydrogen) atoms. The first-order chi connectivity index (χ1) is 10.5. The first-order valence-electron chi connectivity index (χ1n) is 8.93. The Hall–Kier alpha value is -0.650. The monoisotopic (exact) mass is 311 g/mol. The predicted molar refractivity (Wildman–Crippen MR) is 88.8 cm³/mol. The van der Waals surface area contributed by atoms with Gasteiger partial charge in [0.05, 0.1) is 6.10 Å². The molecule has 0 bridgehead atoms. The van der Waals surface area contributed by atoms with Crippen LogP contribution in [0.4, 0.5) is 0 Å². The summed E-state index contributed by atoms with van der Waals surface area (Å²) < 4.78 is 0. The van der Waals surface area contributed by atoms with Crippen molar-refractivity contribution < 1.29 is 9.90 Å². The zero-order valence-electron chi connectivity index (χ0n) is 14.3. The molecular formula is C17H33N3O2. The van der Waals surface area contributed by atoms with Gasteiger partial charge >= 0.3 is 0 Å². The van der Waals surface area contributed by atoms with Crippen LogP contribution < -0.4 is 5.32 Å². The summed E-state index contributed by atoms with van der Waals surface area (Å²) in [4.78, 5) is 16.9.